The first-order chi connectivity index (χ1) is 9.33. The molecule has 0 fully saturated rings. The Balaban J connectivity index is 4.59. The molecule has 0 bridgehead atoms. The van der Waals surface area contributed by atoms with Crippen molar-refractivity contribution in [2.45, 2.75) is 62.3 Å². The third-order valence-electron chi connectivity index (χ3n) is 3.06. The summed E-state index contributed by atoms with van der Waals surface area (Å²) in [5.74, 6) is -0.499. The lowest BCUT2D eigenvalue weighted by molar-refractivity contribution is -0.147. The van der Waals surface area contributed by atoms with Gasteiger partial charge in [0.15, 0.2) is 0 Å². The minimum atomic E-state index is -4.79. The van der Waals surface area contributed by atoms with Crippen molar-refractivity contribution in [1.29, 1.82) is 0 Å². The standard InChI is InChI=1S/C13H20Cl3F3O2/c1-4-5-6-21-10(20)8-11(2,3)9(14)7-12(15,16)13(17,18)19/h9H,4-8H2,1-3H3. The second kappa shape index (κ2) is 8.11. The summed E-state index contributed by atoms with van der Waals surface area (Å²) in [7, 11) is 0. The Kier molecular flexibility index (Phi) is 8.16. The van der Waals surface area contributed by atoms with Gasteiger partial charge in [0.2, 0.25) is 4.33 Å². The van der Waals surface area contributed by atoms with Crippen molar-refractivity contribution in [2.24, 2.45) is 5.41 Å². The van der Waals surface area contributed by atoms with Gasteiger partial charge < -0.3 is 4.74 Å². The van der Waals surface area contributed by atoms with Crippen LogP contribution in [0.5, 0.6) is 0 Å². The van der Waals surface area contributed by atoms with E-state index < -0.39 is 33.7 Å². The van der Waals surface area contributed by atoms with Crippen LogP contribution >= 0.6 is 34.8 Å². The lowest BCUT2D eigenvalue weighted by atomic mass is 9.83. The van der Waals surface area contributed by atoms with Crippen LogP contribution in [0, 0.1) is 5.41 Å². The Bertz CT molecular complexity index is 344. The van der Waals surface area contributed by atoms with Crippen LogP contribution in [0.4, 0.5) is 13.2 Å². The number of carbonyl (C=O) groups excluding carboxylic acids is 1. The highest BCUT2D eigenvalue weighted by molar-refractivity contribution is 6.49. The van der Waals surface area contributed by atoms with Crippen molar-refractivity contribution >= 4 is 40.8 Å². The first-order valence-electron chi connectivity index (χ1n) is 6.57. The molecule has 126 valence electrons. The molecule has 21 heavy (non-hydrogen) atoms. The monoisotopic (exact) mass is 370 g/mol. The van der Waals surface area contributed by atoms with Gasteiger partial charge in [-0.1, -0.05) is 50.4 Å². The Morgan fingerprint density at radius 2 is 1.76 bits per heavy atom. The van der Waals surface area contributed by atoms with Crippen molar-refractivity contribution in [2.75, 3.05) is 6.61 Å². The summed E-state index contributed by atoms with van der Waals surface area (Å²) in [6, 6.07) is 0. The molecule has 0 aromatic rings. The van der Waals surface area contributed by atoms with Gasteiger partial charge in [-0.3, -0.25) is 4.79 Å². The lowest BCUT2D eigenvalue weighted by Crippen LogP contribution is -2.40. The molecule has 0 aliphatic heterocycles. The van der Waals surface area contributed by atoms with E-state index in [0.717, 1.165) is 12.8 Å². The van der Waals surface area contributed by atoms with Crippen molar-refractivity contribution in [3.63, 3.8) is 0 Å². The number of esters is 1. The van der Waals surface area contributed by atoms with Gasteiger partial charge in [0.05, 0.1) is 13.0 Å². The first-order valence-corrected chi connectivity index (χ1v) is 7.77. The van der Waals surface area contributed by atoms with Crippen LogP contribution in [0.1, 0.15) is 46.5 Å². The van der Waals surface area contributed by atoms with E-state index in [9.17, 15) is 18.0 Å². The van der Waals surface area contributed by atoms with E-state index in [1.807, 2.05) is 6.92 Å². The molecule has 0 amide bonds. The van der Waals surface area contributed by atoms with Gasteiger partial charge in [-0.05, 0) is 11.8 Å². The van der Waals surface area contributed by atoms with Gasteiger partial charge in [0.25, 0.3) is 0 Å². The van der Waals surface area contributed by atoms with E-state index >= 15 is 0 Å². The van der Waals surface area contributed by atoms with E-state index in [4.69, 9.17) is 39.5 Å². The number of ether oxygens (including phenoxy) is 1. The van der Waals surface area contributed by atoms with Crippen molar-refractivity contribution in [1.82, 2.24) is 0 Å². The molecule has 0 aliphatic rings. The summed E-state index contributed by atoms with van der Waals surface area (Å²) in [6.45, 7) is 5.39. The maximum Gasteiger partial charge on any atom is 0.421 e. The van der Waals surface area contributed by atoms with Gasteiger partial charge in [-0.25, -0.2) is 0 Å². The second-order valence-corrected chi connectivity index (χ2v) is 7.62. The lowest BCUT2D eigenvalue weighted by Gasteiger charge is -2.33. The SMILES string of the molecule is CCCCOC(=O)CC(C)(C)C(Cl)CC(Cl)(Cl)C(F)(F)F. The molecule has 0 aromatic carbocycles. The zero-order chi connectivity index (χ0) is 16.9. The van der Waals surface area contributed by atoms with E-state index in [2.05, 4.69) is 0 Å². The Morgan fingerprint density at radius 1 is 1.24 bits per heavy atom. The fourth-order valence-corrected chi connectivity index (χ4v) is 2.26. The number of carbonyl (C=O) groups is 1. The molecule has 0 saturated carbocycles. The molecule has 0 heterocycles. The molecule has 0 aliphatic carbocycles. The molecule has 2 nitrogen and oxygen atoms in total. The summed E-state index contributed by atoms with van der Waals surface area (Å²) in [5.41, 5.74) is -0.925. The molecule has 0 rings (SSSR count). The number of halogens is 6. The number of unbranched alkanes of at least 4 members (excludes halogenated alkanes) is 1. The zero-order valence-electron chi connectivity index (χ0n) is 12.2. The maximum absolute atomic E-state index is 12.6. The van der Waals surface area contributed by atoms with Crippen LogP contribution in [-0.2, 0) is 9.53 Å². The van der Waals surface area contributed by atoms with Crippen LogP contribution in [0.25, 0.3) is 0 Å². The van der Waals surface area contributed by atoms with Gasteiger partial charge >= 0.3 is 12.1 Å². The zero-order valence-corrected chi connectivity index (χ0v) is 14.5. The number of hydrogen-bond acceptors (Lipinski definition) is 2. The molecule has 8 heteroatoms. The minimum absolute atomic E-state index is 0.105. The van der Waals surface area contributed by atoms with Crippen LogP contribution < -0.4 is 0 Å². The normalized spacial score (nSPS) is 14.9. The van der Waals surface area contributed by atoms with Crippen molar-refractivity contribution in [3.8, 4) is 0 Å². The predicted molar refractivity (Wildman–Crippen MR) is 79.0 cm³/mol. The smallest absolute Gasteiger partial charge is 0.421 e. The molecular weight excluding hydrogens is 351 g/mol. The quantitative estimate of drug-likeness (QED) is 0.321. The minimum Gasteiger partial charge on any atom is -0.466 e. The average molecular weight is 372 g/mol. The highest BCUT2D eigenvalue weighted by atomic mass is 35.5. The molecule has 0 N–H and O–H groups in total. The molecule has 1 atom stereocenters. The maximum atomic E-state index is 12.6. The van der Waals surface area contributed by atoms with Crippen LogP contribution in [-0.4, -0.2) is 28.5 Å². The molecule has 0 radical (unpaired) electrons. The summed E-state index contributed by atoms with van der Waals surface area (Å²) < 4.78 is 39.9. The van der Waals surface area contributed by atoms with Gasteiger partial charge in [-0.2, -0.15) is 13.2 Å². The van der Waals surface area contributed by atoms with Gasteiger partial charge in [-0.15, -0.1) is 11.6 Å². The van der Waals surface area contributed by atoms with E-state index in [-0.39, 0.29) is 13.0 Å². The Labute approximate surface area is 138 Å². The first kappa shape index (κ1) is 21.1. The summed E-state index contributed by atoms with van der Waals surface area (Å²) >= 11 is 16.6. The second-order valence-electron chi connectivity index (χ2n) is 5.61. The topological polar surface area (TPSA) is 26.3 Å². The fraction of sp³-hybridized carbons (Fsp3) is 0.923. The summed E-state index contributed by atoms with van der Waals surface area (Å²) in [5, 5.41) is -1.03. The number of hydrogen-bond donors (Lipinski definition) is 0. The van der Waals surface area contributed by atoms with Crippen LogP contribution in [0.3, 0.4) is 0 Å². The highest BCUT2D eigenvalue weighted by Gasteiger charge is 2.54. The van der Waals surface area contributed by atoms with Crippen LogP contribution in [0.2, 0.25) is 0 Å². The molecular formula is C13H20Cl3F3O2. The Morgan fingerprint density at radius 3 is 2.19 bits per heavy atom. The van der Waals surface area contributed by atoms with Crippen molar-refractivity contribution < 1.29 is 22.7 Å². The molecule has 1 unspecified atom stereocenters. The fourth-order valence-electron chi connectivity index (χ4n) is 1.48. The number of alkyl halides is 6. The van der Waals surface area contributed by atoms with E-state index in [1.165, 1.54) is 0 Å². The predicted octanol–water partition coefficient (Wildman–Crippen LogP) is 5.48. The molecule has 0 spiro atoms. The summed E-state index contributed by atoms with van der Waals surface area (Å²) in [6.07, 6.45) is -4.00. The van der Waals surface area contributed by atoms with Crippen molar-refractivity contribution in [3.05, 3.63) is 0 Å². The summed E-state index contributed by atoms with van der Waals surface area (Å²) in [4.78, 5) is 11.6. The largest absolute Gasteiger partial charge is 0.466 e. The van der Waals surface area contributed by atoms with E-state index in [0.29, 0.717) is 0 Å². The Hall–Kier alpha value is 0.130. The molecule has 0 aromatic heterocycles. The van der Waals surface area contributed by atoms with Crippen LogP contribution in [0.15, 0.2) is 0 Å². The number of rotatable bonds is 8. The van der Waals surface area contributed by atoms with Gasteiger partial charge in [0, 0.05) is 11.8 Å². The molecule has 0 saturated heterocycles. The highest BCUT2D eigenvalue weighted by Crippen LogP contribution is 2.47. The average Bonchev–Trinajstić information content (AvgIpc) is 2.26. The van der Waals surface area contributed by atoms with Gasteiger partial charge in [0.1, 0.15) is 0 Å². The third-order valence-corrected chi connectivity index (χ3v) is 4.54. The third kappa shape index (κ3) is 7.29. The van der Waals surface area contributed by atoms with E-state index in [1.54, 1.807) is 13.8 Å².